The van der Waals surface area contributed by atoms with E-state index in [1.807, 2.05) is 4.90 Å². The maximum atomic E-state index is 12.6. The van der Waals surface area contributed by atoms with Crippen molar-refractivity contribution in [3.63, 3.8) is 0 Å². The smallest absolute Gasteiger partial charge is 0.241 e. The Labute approximate surface area is 150 Å². The molecular weight excluding hydrogens is 336 g/mol. The average molecular weight is 365 g/mol. The van der Waals surface area contributed by atoms with E-state index < -0.39 is 9.84 Å². The topological polar surface area (TPSA) is 66.5 Å². The van der Waals surface area contributed by atoms with Crippen molar-refractivity contribution in [1.29, 1.82) is 0 Å². The third-order valence-electron chi connectivity index (χ3n) is 5.38. The highest BCUT2D eigenvalue weighted by Gasteiger charge is 2.30. The number of hydrogen-bond donors (Lipinski definition) is 1. The van der Waals surface area contributed by atoms with E-state index >= 15 is 0 Å². The van der Waals surface area contributed by atoms with Gasteiger partial charge in [-0.15, -0.1) is 0 Å². The molecule has 0 spiro atoms. The summed E-state index contributed by atoms with van der Waals surface area (Å²) in [5.41, 5.74) is 0.781. The van der Waals surface area contributed by atoms with Gasteiger partial charge >= 0.3 is 0 Å². The lowest BCUT2D eigenvalue weighted by molar-refractivity contribution is -0.130. The first-order valence-corrected chi connectivity index (χ1v) is 10.9. The normalized spacial score (nSPS) is 22.1. The third-order valence-corrected chi connectivity index (χ3v) is 7.66. The molecule has 0 radical (unpaired) electrons. The molecule has 25 heavy (non-hydrogen) atoms. The van der Waals surface area contributed by atoms with Gasteiger partial charge < -0.3 is 10.2 Å². The Bertz CT molecular complexity index is 694. The van der Waals surface area contributed by atoms with Gasteiger partial charge in [-0.1, -0.05) is 19.8 Å². The van der Waals surface area contributed by atoms with Crippen molar-refractivity contribution < 1.29 is 13.2 Å². The molecule has 0 bridgehead atoms. The maximum Gasteiger partial charge on any atom is 0.241 e. The van der Waals surface area contributed by atoms with Crippen molar-refractivity contribution in [2.75, 3.05) is 25.0 Å². The van der Waals surface area contributed by atoms with Crippen molar-refractivity contribution in [2.45, 2.75) is 55.6 Å². The summed E-state index contributed by atoms with van der Waals surface area (Å²) >= 11 is 0. The van der Waals surface area contributed by atoms with Crippen molar-refractivity contribution in [3.8, 4) is 0 Å². The number of nitrogens with zero attached hydrogens (tertiary/aromatic N) is 1. The maximum absolute atomic E-state index is 12.6. The predicted octanol–water partition coefficient (Wildman–Crippen LogP) is 3.07. The van der Waals surface area contributed by atoms with Gasteiger partial charge in [0, 0.05) is 18.8 Å². The van der Waals surface area contributed by atoms with E-state index in [0.717, 1.165) is 50.9 Å². The minimum atomic E-state index is -3.21. The largest absolute Gasteiger partial charge is 0.376 e. The van der Waals surface area contributed by atoms with Crippen molar-refractivity contribution in [3.05, 3.63) is 24.3 Å². The Morgan fingerprint density at radius 1 is 1.12 bits per heavy atom. The molecule has 1 heterocycles. The molecule has 1 amide bonds. The number of nitrogens with one attached hydrogen (secondary N) is 1. The van der Waals surface area contributed by atoms with Gasteiger partial charge in [0.2, 0.25) is 5.91 Å². The summed E-state index contributed by atoms with van der Waals surface area (Å²) in [6.07, 6.45) is 5.80. The van der Waals surface area contributed by atoms with Crippen LogP contribution in [0.1, 0.15) is 45.4 Å². The van der Waals surface area contributed by atoms with Crippen LogP contribution in [0, 0.1) is 5.92 Å². The Kier molecular flexibility index (Phi) is 5.67. The standard InChI is InChI=1S/C19H28N2O3S/c1-15-5-4-12-21(14-15)19(22)13-20-16-8-10-18(11-9-16)25(23,24)17-6-2-3-7-17/h8-11,15,17,20H,2-7,12-14H2,1H3/t15-/m0/s1. The molecule has 0 unspecified atom stereocenters. The monoisotopic (exact) mass is 364 g/mol. The second kappa shape index (κ2) is 7.77. The number of carbonyl (C=O) groups is 1. The first-order chi connectivity index (χ1) is 12.0. The molecule has 1 saturated heterocycles. The number of benzene rings is 1. The van der Waals surface area contributed by atoms with Gasteiger partial charge in [-0.2, -0.15) is 0 Å². The minimum absolute atomic E-state index is 0.106. The highest BCUT2D eigenvalue weighted by atomic mass is 32.2. The number of likely N-dealkylation sites (tertiary alicyclic amines) is 1. The Morgan fingerprint density at radius 2 is 1.80 bits per heavy atom. The predicted molar refractivity (Wildman–Crippen MR) is 99.4 cm³/mol. The molecular formula is C19H28N2O3S. The summed E-state index contributed by atoms with van der Waals surface area (Å²) in [7, 11) is -3.21. The summed E-state index contributed by atoms with van der Waals surface area (Å²) in [5.74, 6) is 0.673. The fourth-order valence-corrected chi connectivity index (χ4v) is 5.71. The van der Waals surface area contributed by atoms with E-state index in [1.165, 1.54) is 6.42 Å². The van der Waals surface area contributed by atoms with Crippen LogP contribution in [0.15, 0.2) is 29.2 Å². The number of sulfone groups is 1. The van der Waals surface area contributed by atoms with Crippen LogP contribution in [-0.4, -0.2) is 44.1 Å². The van der Waals surface area contributed by atoms with Crippen LogP contribution in [0.3, 0.4) is 0 Å². The van der Waals surface area contributed by atoms with Gasteiger partial charge in [0.15, 0.2) is 9.84 Å². The van der Waals surface area contributed by atoms with E-state index in [-0.39, 0.29) is 17.7 Å². The highest BCUT2D eigenvalue weighted by molar-refractivity contribution is 7.92. The van der Waals surface area contributed by atoms with Crippen LogP contribution < -0.4 is 5.32 Å². The molecule has 0 aromatic heterocycles. The summed E-state index contributed by atoms with van der Waals surface area (Å²) in [5, 5.41) is 2.89. The molecule has 1 saturated carbocycles. The summed E-state index contributed by atoms with van der Waals surface area (Å²) in [6, 6.07) is 6.83. The zero-order valence-electron chi connectivity index (χ0n) is 14.9. The second-order valence-electron chi connectivity index (χ2n) is 7.42. The molecule has 6 heteroatoms. The van der Waals surface area contributed by atoms with Crippen LogP contribution in [0.4, 0.5) is 5.69 Å². The number of carbonyl (C=O) groups excluding carboxylic acids is 1. The number of amides is 1. The van der Waals surface area contributed by atoms with Crippen molar-refractivity contribution in [1.82, 2.24) is 4.90 Å². The van der Waals surface area contributed by atoms with Gasteiger partial charge in [0.05, 0.1) is 16.7 Å². The van der Waals surface area contributed by atoms with Gasteiger partial charge in [-0.25, -0.2) is 8.42 Å². The number of rotatable bonds is 5. The zero-order valence-corrected chi connectivity index (χ0v) is 15.7. The van der Waals surface area contributed by atoms with Crippen LogP contribution in [0.5, 0.6) is 0 Å². The molecule has 5 nitrogen and oxygen atoms in total. The SMILES string of the molecule is C[C@H]1CCCN(C(=O)CNc2ccc(S(=O)(=O)C3CCCC3)cc2)C1. The lowest BCUT2D eigenvalue weighted by Crippen LogP contribution is -2.41. The highest BCUT2D eigenvalue weighted by Crippen LogP contribution is 2.30. The fourth-order valence-electron chi connectivity index (χ4n) is 3.86. The first-order valence-electron chi connectivity index (χ1n) is 9.32. The van der Waals surface area contributed by atoms with Crippen LogP contribution in [-0.2, 0) is 14.6 Å². The average Bonchev–Trinajstić information content (AvgIpc) is 3.15. The molecule has 1 aromatic carbocycles. The summed E-state index contributed by atoms with van der Waals surface area (Å²) in [6.45, 7) is 4.10. The van der Waals surface area contributed by atoms with E-state index in [2.05, 4.69) is 12.2 Å². The Balaban J connectivity index is 1.56. The first kappa shape index (κ1) is 18.2. The zero-order chi connectivity index (χ0) is 17.9. The van der Waals surface area contributed by atoms with Crippen LogP contribution >= 0.6 is 0 Å². The van der Waals surface area contributed by atoms with Gasteiger partial charge in [0.1, 0.15) is 0 Å². The molecule has 1 N–H and O–H groups in total. The van der Waals surface area contributed by atoms with E-state index in [4.69, 9.17) is 0 Å². The number of anilines is 1. The van der Waals surface area contributed by atoms with Gasteiger partial charge in [-0.3, -0.25) is 4.79 Å². The summed E-state index contributed by atoms with van der Waals surface area (Å²) in [4.78, 5) is 14.6. The van der Waals surface area contributed by atoms with E-state index in [1.54, 1.807) is 24.3 Å². The lowest BCUT2D eigenvalue weighted by atomic mass is 10.0. The molecule has 1 aromatic rings. The molecule has 1 atom stereocenters. The van der Waals surface area contributed by atoms with E-state index in [9.17, 15) is 13.2 Å². The molecule has 2 aliphatic rings. The van der Waals surface area contributed by atoms with Crippen LogP contribution in [0.2, 0.25) is 0 Å². The number of hydrogen-bond acceptors (Lipinski definition) is 4. The van der Waals surface area contributed by atoms with Gasteiger partial charge in [-0.05, 0) is 55.9 Å². The Hall–Kier alpha value is -1.56. The van der Waals surface area contributed by atoms with Crippen LogP contribution in [0.25, 0.3) is 0 Å². The van der Waals surface area contributed by atoms with Gasteiger partial charge in [0.25, 0.3) is 0 Å². The summed E-state index contributed by atoms with van der Waals surface area (Å²) < 4.78 is 25.1. The quantitative estimate of drug-likeness (QED) is 0.872. The molecule has 3 rings (SSSR count). The molecule has 1 aliphatic carbocycles. The van der Waals surface area contributed by atoms with Crippen molar-refractivity contribution in [2.24, 2.45) is 5.92 Å². The Morgan fingerprint density at radius 3 is 2.44 bits per heavy atom. The van der Waals surface area contributed by atoms with Crippen molar-refractivity contribution >= 4 is 21.4 Å². The minimum Gasteiger partial charge on any atom is -0.376 e. The molecule has 138 valence electrons. The molecule has 2 fully saturated rings. The number of piperidine rings is 1. The third kappa shape index (κ3) is 4.35. The second-order valence-corrected chi connectivity index (χ2v) is 9.64. The fraction of sp³-hybridized carbons (Fsp3) is 0.632. The van der Waals surface area contributed by atoms with E-state index in [0.29, 0.717) is 10.8 Å². The lowest BCUT2D eigenvalue weighted by Gasteiger charge is -2.31. The molecule has 1 aliphatic heterocycles.